The van der Waals surface area contributed by atoms with Crippen LogP contribution in [0.2, 0.25) is 5.02 Å². The lowest BCUT2D eigenvalue weighted by Crippen LogP contribution is -2.62. The third-order valence-corrected chi connectivity index (χ3v) is 8.71. The lowest BCUT2D eigenvalue weighted by Gasteiger charge is -2.52. The molecule has 2 atom stereocenters. The monoisotopic (exact) mass is 580 g/mol. The van der Waals surface area contributed by atoms with E-state index in [2.05, 4.69) is 77.4 Å². The van der Waals surface area contributed by atoms with Crippen molar-refractivity contribution in [1.29, 1.82) is 0 Å². The van der Waals surface area contributed by atoms with E-state index < -0.39 is 0 Å². The Morgan fingerprint density at radius 3 is 2.39 bits per heavy atom. The molecule has 2 saturated heterocycles. The van der Waals surface area contributed by atoms with Gasteiger partial charge in [0.2, 0.25) is 0 Å². The first kappa shape index (κ1) is 24.8. The smallest absolute Gasteiger partial charge is 0.257 e. The summed E-state index contributed by atoms with van der Waals surface area (Å²) in [6.45, 7) is 11.7. The highest BCUT2D eigenvalue weighted by molar-refractivity contribution is 14.1. The Balaban J connectivity index is 1.37. The Hall–Kier alpha value is -1.35. The van der Waals surface area contributed by atoms with Crippen LogP contribution in [0.3, 0.4) is 0 Å². The van der Waals surface area contributed by atoms with Crippen LogP contribution in [0.4, 0.5) is 5.69 Å². The first-order chi connectivity index (χ1) is 15.7. The fourth-order valence-electron chi connectivity index (χ4n) is 5.40. The van der Waals surface area contributed by atoms with Crippen LogP contribution in [0.25, 0.3) is 0 Å². The quantitative estimate of drug-likeness (QED) is 0.395. The zero-order valence-electron chi connectivity index (χ0n) is 19.7. The van der Waals surface area contributed by atoms with Gasteiger partial charge in [0.05, 0.1) is 10.6 Å². The van der Waals surface area contributed by atoms with Gasteiger partial charge in [-0.25, -0.2) is 0 Å². The van der Waals surface area contributed by atoms with Crippen molar-refractivity contribution < 1.29 is 4.79 Å². The first-order valence-corrected chi connectivity index (χ1v) is 13.2. The fourth-order valence-corrected chi connectivity index (χ4v) is 6.02. The minimum atomic E-state index is -0.0512. The van der Waals surface area contributed by atoms with Gasteiger partial charge in [-0.1, -0.05) is 29.8 Å². The van der Waals surface area contributed by atoms with Crippen molar-refractivity contribution in [3.63, 3.8) is 0 Å². The van der Waals surface area contributed by atoms with Crippen molar-refractivity contribution in [2.45, 2.75) is 51.2 Å². The van der Waals surface area contributed by atoms with Crippen LogP contribution in [0.5, 0.6) is 0 Å². The molecule has 5 nitrogen and oxygen atoms in total. The topological polar surface area (TPSA) is 52.8 Å². The molecule has 0 saturated carbocycles. The van der Waals surface area contributed by atoms with Crippen molar-refractivity contribution in [1.82, 2.24) is 14.7 Å². The molecule has 2 aliphatic rings. The summed E-state index contributed by atoms with van der Waals surface area (Å²) in [7, 11) is 0. The van der Waals surface area contributed by atoms with E-state index in [1.807, 2.05) is 4.90 Å². The predicted molar refractivity (Wildman–Crippen MR) is 145 cm³/mol. The summed E-state index contributed by atoms with van der Waals surface area (Å²) in [6.07, 6.45) is 1.92. The van der Waals surface area contributed by atoms with Gasteiger partial charge in [0.1, 0.15) is 0 Å². The summed E-state index contributed by atoms with van der Waals surface area (Å²) in [5.74, 6) is -0.0512. The summed E-state index contributed by atoms with van der Waals surface area (Å²) in [5, 5.41) is 0.431. The van der Waals surface area contributed by atoms with Gasteiger partial charge in [-0.05, 0) is 86.0 Å². The predicted octanol–water partition coefficient (Wildman–Crippen LogP) is 5.29. The minimum absolute atomic E-state index is 0.0512. The molecule has 2 aromatic rings. The molecule has 7 heteroatoms. The number of nitrogens with two attached hydrogens (primary N) is 1. The maximum absolute atomic E-state index is 13.1. The number of rotatable bonds is 4. The number of nitrogen functional groups attached to an aromatic ring is 1. The minimum Gasteiger partial charge on any atom is -0.398 e. The number of anilines is 1. The highest BCUT2D eigenvalue weighted by Gasteiger charge is 2.40. The number of nitrogens with zero attached hydrogens (tertiary/aromatic N) is 3. The number of likely N-dealkylation sites (tertiary alicyclic amines) is 1. The summed E-state index contributed by atoms with van der Waals surface area (Å²) in [6, 6.07) is 15.0. The van der Waals surface area contributed by atoms with Gasteiger partial charge in [-0.3, -0.25) is 14.6 Å². The van der Waals surface area contributed by atoms with Crippen LogP contribution < -0.4 is 5.73 Å². The van der Waals surface area contributed by atoms with Crippen LogP contribution in [-0.4, -0.2) is 64.9 Å². The maximum Gasteiger partial charge on any atom is 0.257 e. The Kier molecular flexibility index (Phi) is 7.58. The van der Waals surface area contributed by atoms with Crippen molar-refractivity contribution >= 4 is 45.8 Å². The van der Waals surface area contributed by atoms with Crippen molar-refractivity contribution in [2.75, 3.05) is 38.5 Å². The molecule has 1 amide bonds. The van der Waals surface area contributed by atoms with Crippen LogP contribution in [-0.2, 0) is 0 Å². The van der Waals surface area contributed by atoms with Crippen LogP contribution in [0, 0.1) is 3.57 Å². The Bertz CT molecular complexity index is 970. The van der Waals surface area contributed by atoms with E-state index in [0.717, 1.165) is 45.6 Å². The second kappa shape index (κ2) is 10.1. The van der Waals surface area contributed by atoms with Gasteiger partial charge >= 0.3 is 0 Å². The van der Waals surface area contributed by atoms with E-state index in [1.165, 1.54) is 9.13 Å². The van der Waals surface area contributed by atoms with Crippen molar-refractivity contribution in [3.8, 4) is 0 Å². The summed E-state index contributed by atoms with van der Waals surface area (Å²) in [4.78, 5) is 20.3. The molecule has 2 heterocycles. The normalized spacial score (nSPS) is 22.8. The Morgan fingerprint density at radius 1 is 1.12 bits per heavy atom. The Labute approximate surface area is 216 Å². The van der Waals surface area contributed by atoms with E-state index in [0.29, 0.717) is 28.4 Å². The zero-order valence-corrected chi connectivity index (χ0v) is 22.6. The van der Waals surface area contributed by atoms with Gasteiger partial charge in [-0.15, -0.1) is 0 Å². The maximum atomic E-state index is 13.1. The molecule has 0 unspecified atom stereocenters. The number of carbonyl (C=O) groups is 1. The highest BCUT2D eigenvalue weighted by Crippen LogP contribution is 2.34. The van der Waals surface area contributed by atoms with Gasteiger partial charge in [0, 0.05) is 59.6 Å². The highest BCUT2D eigenvalue weighted by atomic mass is 127. The lowest BCUT2D eigenvalue weighted by molar-refractivity contribution is -0.0277. The molecule has 0 aliphatic carbocycles. The first-order valence-electron chi connectivity index (χ1n) is 11.8. The summed E-state index contributed by atoms with van der Waals surface area (Å²) < 4.78 is 1.27. The largest absolute Gasteiger partial charge is 0.398 e. The van der Waals surface area contributed by atoms with Gasteiger partial charge < -0.3 is 10.6 Å². The molecule has 0 spiro atoms. The molecule has 0 bridgehead atoms. The van der Waals surface area contributed by atoms with Gasteiger partial charge in [-0.2, -0.15) is 0 Å². The van der Waals surface area contributed by atoms with Crippen LogP contribution in [0.15, 0.2) is 42.5 Å². The molecule has 33 heavy (non-hydrogen) atoms. The number of hydrogen-bond acceptors (Lipinski definition) is 4. The van der Waals surface area contributed by atoms with Crippen molar-refractivity contribution in [2.24, 2.45) is 0 Å². The summed E-state index contributed by atoms with van der Waals surface area (Å²) in [5.41, 5.74) is 8.44. The molecular formula is C26H34ClIN4O. The molecule has 0 aromatic heterocycles. The van der Waals surface area contributed by atoms with E-state index in [9.17, 15) is 4.79 Å². The SMILES string of the molecule is C[C@H]1CN(C2(C)CCN(C(=O)c3c(N)cccc3Cl)CC2)CCN1[C@@H](C)c1ccc(I)cc1. The second-order valence-electron chi connectivity index (χ2n) is 9.75. The lowest BCUT2D eigenvalue weighted by atomic mass is 9.86. The zero-order chi connectivity index (χ0) is 23.8. The van der Waals surface area contributed by atoms with Crippen LogP contribution >= 0.6 is 34.2 Å². The number of halogens is 2. The summed E-state index contributed by atoms with van der Waals surface area (Å²) >= 11 is 8.65. The van der Waals surface area contributed by atoms with Crippen molar-refractivity contribution in [3.05, 3.63) is 62.2 Å². The van der Waals surface area contributed by atoms with E-state index >= 15 is 0 Å². The molecule has 0 radical (unpaired) electrons. The molecule has 2 aromatic carbocycles. The van der Waals surface area contributed by atoms with E-state index in [-0.39, 0.29) is 11.4 Å². The number of piperidine rings is 1. The standard InChI is InChI=1S/C26H34ClIN4O/c1-18-17-31(15-16-32(18)19(2)20-7-9-21(28)10-8-20)26(3)11-13-30(14-12-26)25(33)24-22(27)5-4-6-23(24)29/h4-10,18-19H,11-17,29H2,1-3H3/t18-,19-/m0/s1. The Morgan fingerprint density at radius 2 is 1.79 bits per heavy atom. The molecule has 2 aliphatic heterocycles. The van der Waals surface area contributed by atoms with E-state index in [1.54, 1.807) is 18.2 Å². The average Bonchev–Trinajstić information content (AvgIpc) is 2.79. The third kappa shape index (κ3) is 5.19. The second-order valence-corrected chi connectivity index (χ2v) is 11.4. The number of piperazine rings is 1. The van der Waals surface area contributed by atoms with Gasteiger partial charge in [0.25, 0.3) is 5.91 Å². The number of hydrogen-bond donors (Lipinski definition) is 1. The average molecular weight is 581 g/mol. The molecule has 2 fully saturated rings. The number of benzene rings is 2. The fraction of sp³-hybridized carbons (Fsp3) is 0.500. The third-order valence-electron chi connectivity index (χ3n) is 7.68. The molecule has 178 valence electrons. The molecule has 4 rings (SSSR count). The molecule has 2 N–H and O–H groups in total. The number of amides is 1. The van der Waals surface area contributed by atoms with E-state index in [4.69, 9.17) is 17.3 Å². The van der Waals surface area contributed by atoms with Gasteiger partial charge in [0.15, 0.2) is 0 Å². The molecular weight excluding hydrogens is 547 g/mol. The van der Waals surface area contributed by atoms with Crippen LogP contribution in [0.1, 0.15) is 55.6 Å². The number of carbonyl (C=O) groups excluding carboxylic acids is 1.